The molecule has 0 aliphatic rings. The predicted octanol–water partition coefficient (Wildman–Crippen LogP) is 0.340. The Kier molecular flexibility index (Phi) is 4.69. The molecule has 11 heteroatoms. The number of carbonyl (C=O) groups excluding carboxylic acids is 2. The zero-order chi connectivity index (χ0) is 17.0. The molecule has 0 saturated heterocycles. The molecule has 0 aliphatic heterocycles. The van der Waals surface area contributed by atoms with E-state index in [1.54, 1.807) is 7.05 Å². The van der Waals surface area contributed by atoms with Gasteiger partial charge in [-0.05, 0) is 0 Å². The minimum absolute atomic E-state index is 0.0222. The number of hydrogen-bond acceptors (Lipinski definition) is 7. The number of aromatic nitrogens is 4. The van der Waals surface area contributed by atoms with Gasteiger partial charge in [0.1, 0.15) is 12.4 Å². The Morgan fingerprint density at radius 3 is 2.74 bits per heavy atom. The van der Waals surface area contributed by atoms with E-state index < -0.39 is 10.9 Å². The van der Waals surface area contributed by atoms with Crippen molar-refractivity contribution < 1.29 is 19.2 Å². The molecule has 0 bridgehead atoms. The molecule has 1 amide bonds. The van der Waals surface area contributed by atoms with Crippen LogP contribution in [-0.4, -0.2) is 43.5 Å². The van der Waals surface area contributed by atoms with Crippen LogP contribution >= 0.6 is 0 Å². The molecular formula is C12H14N6O5. The number of nitrogens with one attached hydrogen (secondary N) is 1. The van der Waals surface area contributed by atoms with E-state index >= 15 is 0 Å². The Morgan fingerprint density at radius 1 is 1.39 bits per heavy atom. The highest BCUT2D eigenvalue weighted by Gasteiger charge is 2.19. The molecule has 0 radical (unpaired) electrons. The zero-order valence-corrected chi connectivity index (χ0v) is 12.4. The zero-order valence-electron chi connectivity index (χ0n) is 12.4. The van der Waals surface area contributed by atoms with E-state index in [1.807, 2.05) is 0 Å². The van der Waals surface area contributed by atoms with Crippen LogP contribution in [0.2, 0.25) is 0 Å². The minimum Gasteiger partial charge on any atom is -0.464 e. The number of rotatable bonds is 6. The first kappa shape index (κ1) is 16.1. The molecule has 0 aliphatic carbocycles. The molecule has 122 valence electrons. The molecule has 0 aromatic carbocycles. The van der Waals surface area contributed by atoms with Crippen LogP contribution in [0.3, 0.4) is 0 Å². The molecular weight excluding hydrogens is 308 g/mol. The van der Waals surface area contributed by atoms with Gasteiger partial charge in [0.15, 0.2) is 5.69 Å². The highest BCUT2D eigenvalue weighted by molar-refractivity contribution is 5.99. The third-order valence-corrected chi connectivity index (χ3v) is 2.99. The number of carbonyl (C=O) groups is 2. The third-order valence-electron chi connectivity index (χ3n) is 2.99. The second kappa shape index (κ2) is 6.68. The summed E-state index contributed by atoms with van der Waals surface area (Å²) in [7, 11) is 2.77. The second-order valence-corrected chi connectivity index (χ2v) is 4.54. The van der Waals surface area contributed by atoms with Gasteiger partial charge in [0, 0.05) is 20.0 Å². The molecule has 0 spiro atoms. The number of nitro groups is 1. The van der Waals surface area contributed by atoms with E-state index in [4.69, 9.17) is 0 Å². The van der Waals surface area contributed by atoms with Crippen LogP contribution in [0.5, 0.6) is 0 Å². The van der Waals surface area contributed by atoms with Gasteiger partial charge in [-0.3, -0.25) is 24.3 Å². The van der Waals surface area contributed by atoms with Crippen LogP contribution in [0, 0.1) is 10.1 Å². The first-order valence-corrected chi connectivity index (χ1v) is 6.49. The van der Waals surface area contributed by atoms with Crippen molar-refractivity contribution in [2.75, 3.05) is 12.4 Å². The summed E-state index contributed by atoms with van der Waals surface area (Å²) in [6.45, 7) is 0.160. The van der Waals surface area contributed by atoms with Crippen molar-refractivity contribution in [1.82, 2.24) is 19.6 Å². The lowest BCUT2D eigenvalue weighted by atomic mass is 10.3. The van der Waals surface area contributed by atoms with Crippen molar-refractivity contribution in [3.05, 3.63) is 34.4 Å². The molecule has 2 rings (SSSR count). The van der Waals surface area contributed by atoms with E-state index in [1.165, 1.54) is 28.9 Å². The van der Waals surface area contributed by atoms with Gasteiger partial charge in [0.2, 0.25) is 5.91 Å². The van der Waals surface area contributed by atoms with Crippen LogP contribution in [-0.2, 0) is 23.1 Å². The van der Waals surface area contributed by atoms with Gasteiger partial charge in [0.05, 0.1) is 23.9 Å². The van der Waals surface area contributed by atoms with Gasteiger partial charge in [0.25, 0.3) is 0 Å². The van der Waals surface area contributed by atoms with Crippen LogP contribution < -0.4 is 5.32 Å². The molecule has 2 aromatic rings. The summed E-state index contributed by atoms with van der Waals surface area (Å²) in [5.41, 5.74) is 0.206. The highest BCUT2D eigenvalue weighted by Crippen LogP contribution is 2.15. The number of amides is 1. The molecule has 0 unspecified atom stereocenters. The lowest BCUT2D eigenvalue weighted by Crippen LogP contribution is -2.17. The summed E-state index contributed by atoms with van der Waals surface area (Å²) >= 11 is 0. The molecule has 2 heterocycles. The number of ether oxygens (including phenoxy) is 1. The van der Waals surface area contributed by atoms with Crippen LogP contribution in [0.1, 0.15) is 16.9 Å². The fourth-order valence-electron chi connectivity index (χ4n) is 1.87. The Morgan fingerprint density at radius 2 is 2.13 bits per heavy atom. The lowest BCUT2D eigenvalue weighted by molar-refractivity contribution is -0.385. The van der Waals surface area contributed by atoms with Gasteiger partial charge in [-0.2, -0.15) is 10.2 Å². The first-order valence-electron chi connectivity index (χ1n) is 6.49. The maximum atomic E-state index is 11.9. The smallest absolute Gasteiger partial charge is 0.358 e. The average Bonchev–Trinajstić information content (AvgIpc) is 3.12. The quantitative estimate of drug-likeness (QED) is 0.460. The molecule has 2 aromatic heterocycles. The second-order valence-electron chi connectivity index (χ2n) is 4.54. The molecule has 0 fully saturated rings. The van der Waals surface area contributed by atoms with Crippen molar-refractivity contribution in [3.63, 3.8) is 0 Å². The van der Waals surface area contributed by atoms with E-state index in [0.29, 0.717) is 0 Å². The number of anilines is 1. The van der Waals surface area contributed by atoms with E-state index in [9.17, 15) is 19.7 Å². The SMILES string of the molecule is COC(=O)c1c(NC(=O)CCn2cc([N+](=O)[O-])cn2)cnn1C. The fraction of sp³-hybridized carbons (Fsp3) is 0.333. The summed E-state index contributed by atoms with van der Waals surface area (Å²) in [6, 6.07) is 0. The van der Waals surface area contributed by atoms with Crippen molar-refractivity contribution in [2.24, 2.45) is 7.05 Å². The van der Waals surface area contributed by atoms with Crippen molar-refractivity contribution in [1.29, 1.82) is 0 Å². The molecule has 11 nitrogen and oxygen atoms in total. The summed E-state index contributed by atoms with van der Waals surface area (Å²) in [5, 5.41) is 20.8. The van der Waals surface area contributed by atoms with Gasteiger partial charge < -0.3 is 10.1 Å². The van der Waals surface area contributed by atoms with Gasteiger partial charge in [-0.1, -0.05) is 0 Å². The van der Waals surface area contributed by atoms with Gasteiger partial charge in [-0.15, -0.1) is 0 Å². The minimum atomic E-state index is -0.622. The topological polar surface area (TPSA) is 134 Å². The molecule has 0 saturated carbocycles. The van der Waals surface area contributed by atoms with Gasteiger partial charge >= 0.3 is 11.7 Å². The van der Waals surface area contributed by atoms with Crippen LogP contribution in [0.15, 0.2) is 18.6 Å². The van der Waals surface area contributed by atoms with Crippen molar-refractivity contribution in [2.45, 2.75) is 13.0 Å². The average molecular weight is 322 g/mol. The molecule has 23 heavy (non-hydrogen) atoms. The van der Waals surface area contributed by atoms with E-state index in [2.05, 4.69) is 20.3 Å². The number of hydrogen-bond donors (Lipinski definition) is 1. The largest absolute Gasteiger partial charge is 0.464 e. The monoisotopic (exact) mass is 322 g/mol. The fourth-order valence-corrected chi connectivity index (χ4v) is 1.87. The van der Waals surface area contributed by atoms with E-state index in [-0.39, 0.29) is 35.9 Å². The normalized spacial score (nSPS) is 10.3. The van der Waals surface area contributed by atoms with E-state index in [0.717, 1.165) is 6.20 Å². The highest BCUT2D eigenvalue weighted by atomic mass is 16.6. The molecule has 0 atom stereocenters. The predicted molar refractivity (Wildman–Crippen MR) is 76.7 cm³/mol. The summed E-state index contributed by atoms with van der Waals surface area (Å²) in [6.07, 6.45) is 3.70. The molecule has 1 N–H and O–H groups in total. The first-order chi connectivity index (χ1) is 10.9. The third kappa shape index (κ3) is 3.70. The number of methoxy groups -OCH3 is 1. The summed E-state index contributed by atoms with van der Waals surface area (Å²) in [4.78, 5) is 33.5. The maximum absolute atomic E-state index is 11.9. The summed E-state index contributed by atoms with van der Waals surface area (Å²) < 4.78 is 7.21. The number of esters is 1. The summed E-state index contributed by atoms with van der Waals surface area (Å²) in [5.74, 6) is -1.01. The Balaban J connectivity index is 1.97. The van der Waals surface area contributed by atoms with Crippen molar-refractivity contribution in [3.8, 4) is 0 Å². The Labute approximate surface area is 130 Å². The van der Waals surface area contributed by atoms with Crippen LogP contribution in [0.25, 0.3) is 0 Å². The number of aryl methyl sites for hydroxylation is 2. The number of nitrogens with zero attached hydrogens (tertiary/aromatic N) is 5. The van der Waals surface area contributed by atoms with Crippen LogP contribution in [0.4, 0.5) is 11.4 Å². The standard InChI is InChI=1S/C12H14N6O5/c1-16-11(12(20)23-2)9(6-13-16)15-10(19)3-4-17-7-8(5-14-17)18(21)22/h5-7H,3-4H2,1-2H3,(H,15,19). The Hall–Kier alpha value is -3.24. The van der Waals surface area contributed by atoms with Gasteiger partial charge in [-0.25, -0.2) is 4.79 Å². The maximum Gasteiger partial charge on any atom is 0.358 e. The lowest BCUT2D eigenvalue weighted by Gasteiger charge is -2.06. The van der Waals surface area contributed by atoms with Crippen molar-refractivity contribution >= 4 is 23.3 Å². The Bertz CT molecular complexity index is 749.